The van der Waals surface area contributed by atoms with Crippen molar-refractivity contribution in [3.8, 4) is 17.2 Å². The summed E-state index contributed by atoms with van der Waals surface area (Å²) in [7, 11) is 3.13. The van der Waals surface area contributed by atoms with Gasteiger partial charge in [0.15, 0.2) is 23.9 Å². The zero-order chi connectivity index (χ0) is 25.5. The van der Waals surface area contributed by atoms with Crippen LogP contribution in [0.5, 0.6) is 17.2 Å². The molecule has 2 rings (SSSR count). The van der Waals surface area contributed by atoms with Crippen LogP contribution >= 0.6 is 0 Å². The van der Waals surface area contributed by atoms with Gasteiger partial charge in [-0.15, -0.1) is 0 Å². The van der Waals surface area contributed by atoms with E-state index in [2.05, 4.69) is 12.2 Å². The van der Waals surface area contributed by atoms with Gasteiger partial charge in [-0.25, -0.2) is 0 Å². The molecule has 0 radical (unpaired) electrons. The molecule has 0 aliphatic carbocycles. The van der Waals surface area contributed by atoms with Crippen molar-refractivity contribution < 1.29 is 33.3 Å². The first-order chi connectivity index (χ1) is 17.0. The van der Waals surface area contributed by atoms with Crippen LogP contribution in [0.1, 0.15) is 54.9 Å². The topological polar surface area (TPSA) is 100 Å². The summed E-state index contributed by atoms with van der Waals surface area (Å²) in [6.45, 7) is 2.77. The van der Waals surface area contributed by atoms with Gasteiger partial charge in [-0.1, -0.05) is 25.8 Å². The van der Waals surface area contributed by atoms with E-state index in [0.717, 1.165) is 24.8 Å². The maximum absolute atomic E-state index is 12.3. The molecule has 35 heavy (non-hydrogen) atoms. The van der Waals surface area contributed by atoms with E-state index in [4.69, 9.17) is 18.9 Å². The molecule has 190 valence electrons. The molecule has 0 heterocycles. The van der Waals surface area contributed by atoms with Crippen molar-refractivity contribution in [2.24, 2.45) is 0 Å². The molecule has 8 nitrogen and oxygen atoms in total. The lowest BCUT2D eigenvalue weighted by atomic mass is 10.1. The average molecular weight is 486 g/mol. The van der Waals surface area contributed by atoms with Gasteiger partial charge in [0.05, 0.1) is 27.2 Å². The number of carbonyl (C=O) groups excluding carboxylic acids is 3. The van der Waals surface area contributed by atoms with Crippen LogP contribution in [0.2, 0.25) is 0 Å². The highest BCUT2D eigenvalue weighted by Gasteiger charge is 2.12. The number of Topliss-reactive ketones (excluding diaryl/α,β-unsaturated/α-hetero) is 1. The predicted molar refractivity (Wildman–Crippen MR) is 132 cm³/mol. The Balaban J connectivity index is 1.64. The molecular weight excluding hydrogens is 450 g/mol. The number of nitrogens with one attached hydrogen (secondary N) is 1. The molecule has 0 atom stereocenters. The van der Waals surface area contributed by atoms with Crippen LogP contribution in [0.3, 0.4) is 0 Å². The second kappa shape index (κ2) is 15.4. The molecule has 0 aliphatic rings. The third-order valence-corrected chi connectivity index (χ3v) is 5.30. The SMILES string of the molecule is CCCCCOc1ccc(C(=O)CCC(=O)OCC(=O)NCCc2ccc(OC)c(OC)c2)cc1. The van der Waals surface area contributed by atoms with Crippen LogP contribution in [-0.2, 0) is 20.7 Å². The van der Waals surface area contributed by atoms with Gasteiger partial charge in [0.1, 0.15) is 5.75 Å². The van der Waals surface area contributed by atoms with Crippen molar-refractivity contribution >= 4 is 17.7 Å². The van der Waals surface area contributed by atoms with Crippen molar-refractivity contribution in [3.05, 3.63) is 53.6 Å². The number of carbonyl (C=O) groups is 3. The van der Waals surface area contributed by atoms with Crippen molar-refractivity contribution in [1.29, 1.82) is 0 Å². The highest BCUT2D eigenvalue weighted by Crippen LogP contribution is 2.27. The molecule has 1 amide bonds. The molecule has 0 spiro atoms. The summed E-state index contributed by atoms with van der Waals surface area (Å²) in [6.07, 6.45) is 3.74. The molecule has 2 aromatic carbocycles. The highest BCUT2D eigenvalue weighted by molar-refractivity contribution is 5.97. The summed E-state index contributed by atoms with van der Waals surface area (Å²) in [4.78, 5) is 36.2. The number of esters is 1. The van der Waals surface area contributed by atoms with Gasteiger partial charge in [-0.2, -0.15) is 0 Å². The lowest BCUT2D eigenvalue weighted by molar-refractivity contribution is -0.148. The lowest BCUT2D eigenvalue weighted by Gasteiger charge is -2.10. The van der Waals surface area contributed by atoms with E-state index in [-0.39, 0.29) is 25.2 Å². The molecular formula is C27H35NO7. The van der Waals surface area contributed by atoms with Crippen LogP contribution in [0.25, 0.3) is 0 Å². The van der Waals surface area contributed by atoms with E-state index in [0.29, 0.717) is 42.4 Å². The zero-order valence-electron chi connectivity index (χ0n) is 20.8. The molecule has 1 N–H and O–H groups in total. The number of benzene rings is 2. The molecule has 0 bridgehead atoms. The van der Waals surface area contributed by atoms with Crippen molar-refractivity contribution in [2.75, 3.05) is 34.0 Å². The van der Waals surface area contributed by atoms with E-state index >= 15 is 0 Å². The molecule has 0 aromatic heterocycles. The predicted octanol–water partition coefficient (Wildman–Crippen LogP) is 4.14. The van der Waals surface area contributed by atoms with Gasteiger partial charge < -0.3 is 24.3 Å². The Morgan fingerprint density at radius 2 is 1.63 bits per heavy atom. The molecule has 0 unspecified atom stereocenters. The summed E-state index contributed by atoms with van der Waals surface area (Å²) in [5, 5.41) is 2.70. The van der Waals surface area contributed by atoms with Crippen LogP contribution < -0.4 is 19.5 Å². The molecule has 0 saturated heterocycles. The number of hydrogen-bond acceptors (Lipinski definition) is 7. The Morgan fingerprint density at radius 3 is 2.31 bits per heavy atom. The van der Waals surface area contributed by atoms with E-state index in [1.165, 1.54) is 0 Å². The van der Waals surface area contributed by atoms with Crippen LogP contribution in [0.15, 0.2) is 42.5 Å². The maximum Gasteiger partial charge on any atom is 0.306 e. The highest BCUT2D eigenvalue weighted by atomic mass is 16.5. The summed E-state index contributed by atoms with van der Waals surface area (Å²) in [5.74, 6) is 0.804. The lowest BCUT2D eigenvalue weighted by Crippen LogP contribution is -2.30. The number of hydrogen-bond donors (Lipinski definition) is 1. The Kier molecular flexibility index (Phi) is 12.2. The van der Waals surface area contributed by atoms with Gasteiger partial charge >= 0.3 is 5.97 Å². The van der Waals surface area contributed by atoms with Crippen molar-refractivity contribution in [2.45, 2.75) is 45.4 Å². The fraction of sp³-hybridized carbons (Fsp3) is 0.444. The number of rotatable bonds is 16. The fourth-order valence-corrected chi connectivity index (χ4v) is 3.29. The fourth-order valence-electron chi connectivity index (χ4n) is 3.29. The largest absolute Gasteiger partial charge is 0.494 e. The smallest absolute Gasteiger partial charge is 0.306 e. The Hall–Kier alpha value is -3.55. The summed E-state index contributed by atoms with van der Waals surface area (Å²) >= 11 is 0. The normalized spacial score (nSPS) is 10.4. The Labute approximate surface area is 206 Å². The summed E-state index contributed by atoms with van der Waals surface area (Å²) in [6, 6.07) is 12.4. The maximum atomic E-state index is 12.3. The number of ether oxygens (including phenoxy) is 4. The van der Waals surface area contributed by atoms with Crippen LogP contribution in [0, 0.1) is 0 Å². The minimum atomic E-state index is -0.593. The summed E-state index contributed by atoms with van der Waals surface area (Å²) in [5.41, 5.74) is 1.47. The standard InChI is InChI=1S/C27H35NO7/c1-4-5-6-17-34-22-10-8-21(9-11-22)23(29)12-14-27(31)35-19-26(30)28-16-15-20-7-13-24(32-2)25(18-20)33-3/h7-11,13,18H,4-6,12,14-17,19H2,1-3H3,(H,28,30). The number of amides is 1. The first-order valence-electron chi connectivity index (χ1n) is 11.9. The molecule has 2 aromatic rings. The Bertz CT molecular complexity index is 957. The number of unbranched alkanes of at least 4 members (excludes halogenated alkanes) is 2. The van der Waals surface area contributed by atoms with Crippen LogP contribution in [0.4, 0.5) is 0 Å². The second-order valence-corrected chi connectivity index (χ2v) is 7.95. The van der Waals surface area contributed by atoms with E-state index < -0.39 is 11.9 Å². The van der Waals surface area contributed by atoms with Gasteiger partial charge in [-0.05, 0) is 54.8 Å². The minimum Gasteiger partial charge on any atom is -0.494 e. The van der Waals surface area contributed by atoms with Crippen molar-refractivity contribution in [3.63, 3.8) is 0 Å². The average Bonchev–Trinajstić information content (AvgIpc) is 2.88. The van der Waals surface area contributed by atoms with E-state index in [9.17, 15) is 14.4 Å². The number of methoxy groups -OCH3 is 2. The quantitative estimate of drug-likeness (QED) is 0.217. The monoisotopic (exact) mass is 485 g/mol. The number of ketones is 1. The van der Waals surface area contributed by atoms with Gasteiger partial charge in [-0.3, -0.25) is 14.4 Å². The second-order valence-electron chi connectivity index (χ2n) is 7.95. The van der Waals surface area contributed by atoms with Crippen LogP contribution in [-0.4, -0.2) is 51.6 Å². The Morgan fingerprint density at radius 1 is 0.886 bits per heavy atom. The van der Waals surface area contributed by atoms with Gasteiger partial charge in [0.25, 0.3) is 5.91 Å². The van der Waals surface area contributed by atoms with Gasteiger partial charge in [0, 0.05) is 18.5 Å². The van der Waals surface area contributed by atoms with Crippen molar-refractivity contribution in [1.82, 2.24) is 5.32 Å². The first-order valence-corrected chi connectivity index (χ1v) is 11.9. The third-order valence-electron chi connectivity index (χ3n) is 5.30. The molecule has 0 aliphatic heterocycles. The third kappa shape index (κ3) is 10.1. The van der Waals surface area contributed by atoms with Gasteiger partial charge in [0.2, 0.25) is 0 Å². The summed E-state index contributed by atoms with van der Waals surface area (Å²) < 4.78 is 21.1. The zero-order valence-corrected chi connectivity index (χ0v) is 20.8. The first kappa shape index (κ1) is 27.7. The minimum absolute atomic E-state index is 0.0104. The van der Waals surface area contributed by atoms with E-state index in [1.54, 1.807) is 44.6 Å². The molecule has 0 fully saturated rings. The van der Waals surface area contributed by atoms with E-state index in [1.807, 2.05) is 12.1 Å². The molecule has 0 saturated carbocycles. The molecule has 8 heteroatoms.